The summed E-state index contributed by atoms with van der Waals surface area (Å²) >= 11 is 0. The predicted octanol–water partition coefficient (Wildman–Crippen LogP) is 0.610. The van der Waals surface area contributed by atoms with Gasteiger partial charge in [0.05, 0.1) is 24.6 Å². The second-order valence-corrected chi connectivity index (χ2v) is 8.14. The van der Waals surface area contributed by atoms with Gasteiger partial charge in [0.15, 0.2) is 0 Å². The average Bonchev–Trinajstić information content (AvgIpc) is 3.24. The monoisotopic (exact) mass is 414 g/mol. The molecule has 0 N–H and O–H groups in total. The minimum atomic E-state index is 0.0612. The molecule has 2 aromatic heterocycles. The van der Waals surface area contributed by atoms with Gasteiger partial charge in [-0.1, -0.05) is 0 Å². The van der Waals surface area contributed by atoms with Gasteiger partial charge >= 0.3 is 0 Å². The van der Waals surface area contributed by atoms with Crippen LogP contribution in [0.2, 0.25) is 0 Å². The number of carbonyl (C=O) groups excluding carboxylic acids is 2. The number of rotatable bonds is 5. The van der Waals surface area contributed by atoms with Gasteiger partial charge in [-0.2, -0.15) is 10.2 Å². The van der Waals surface area contributed by atoms with Crippen molar-refractivity contribution in [1.29, 1.82) is 0 Å². The fraction of sp³-hybridized carbons (Fsp3) is 0.619. The lowest BCUT2D eigenvalue weighted by Crippen LogP contribution is -2.41. The zero-order valence-corrected chi connectivity index (χ0v) is 18.1. The number of aryl methyl sites for hydroxylation is 4. The summed E-state index contributed by atoms with van der Waals surface area (Å²) in [5.41, 5.74) is 5.10. The summed E-state index contributed by atoms with van der Waals surface area (Å²) in [5.74, 6) is 0.206. The van der Waals surface area contributed by atoms with Crippen molar-refractivity contribution in [2.45, 2.75) is 46.2 Å². The Morgan fingerprint density at radius 1 is 1.07 bits per heavy atom. The molecule has 0 radical (unpaired) electrons. The van der Waals surface area contributed by atoms with Crippen LogP contribution in [-0.2, 0) is 47.3 Å². The molecule has 1 fully saturated rings. The molecule has 0 saturated carbocycles. The first-order chi connectivity index (χ1) is 14.4. The Morgan fingerprint density at radius 2 is 1.83 bits per heavy atom. The number of carbonyl (C=O) groups is 2. The normalized spacial score (nSPS) is 16.6. The number of hydrogen-bond donors (Lipinski definition) is 0. The van der Waals surface area contributed by atoms with Crippen LogP contribution in [-0.4, -0.2) is 74.0 Å². The Morgan fingerprint density at radius 3 is 2.53 bits per heavy atom. The molecule has 2 aliphatic heterocycles. The number of hydrogen-bond acceptors (Lipinski definition) is 5. The molecule has 0 atom stereocenters. The van der Waals surface area contributed by atoms with Gasteiger partial charge in [0.2, 0.25) is 11.8 Å². The van der Waals surface area contributed by atoms with Gasteiger partial charge in [-0.15, -0.1) is 0 Å². The second kappa shape index (κ2) is 8.59. The zero-order valence-electron chi connectivity index (χ0n) is 18.1. The highest BCUT2D eigenvalue weighted by atomic mass is 16.5. The fourth-order valence-corrected chi connectivity index (χ4v) is 4.34. The summed E-state index contributed by atoms with van der Waals surface area (Å²) in [6.45, 7) is 7.91. The van der Waals surface area contributed by atoms with Gasteiger partial charge in [0, 0.05) is 69.4 Å². The number of nitrogens with zero attached hydrogens (tertiary/aromatic N) is 6. The van der Waals surface area contributed by atoms with Crippen LogP contribution in [0.15, 0.2) is 6.07 Å². The third-order valence-electron chi connectivity index (χ3n) is 6.01. The number of ether oxygens (including phenoxy) is 1. The summed E-state index contributed by atoms with van der Waals surface area (Å²) in [4.78, 5) is 29.2. The molecule has 2 aliphatic rings. The Bertz CT molecular complexity index is 941. The standard InChI is InChI=1S/C21H30N6O3/c1-15-12-16(2)27(22-15)14-21(29)26-7-6-19-17(13-26)18(23-24(19)3)4-5-20(28)25-8-10-30-11-9-25/h12H,4-11,13-14H2,1-3H3. The van der Waals surface area contributed by atoms with E-state index in [1.54, 1.807) is 4.68 Å². The van der Waals surface area contributed by atoms with Gasteiger partial charge < -0.3 is 14.5 Å². The first kappa shape index (κ1) is 20.6. The lowest BCUT2D eigenvalue weighted by molar-refractivity contribution is -0.135. The lowest BCUT2D eigenvalue weighted by Gasteiger charge is -2.28. The molecule has 0 unspecified atom stereocenters. The van der Waals surface area contributed by atoms with E-state index in [9.17, 15) is 9.59 Å². The smallest absolute Gasteiger partial charge is 0.244 e. The van der Waals surface area contributed by atoms with Crippen LogP contribution in [0.25, 0.3) is 0 Å². The molecule has 9 nitrogen and oxygen atoms in total. The lowest BCUT2D eigenvalue weighted by atomic mass is 10.0. The van der Waals surface area contributed by atoms with Gasteiger partial charge in [0.1, 0.15) is 6.54 Å². The molecule has 2 amide bonds. The summed E-state index contributed by atoms with van der Waals surface area (Å²) < 4.78 is 8.99. The van der Waals surface area contributed by atoms with E-state index in [1.165, 1.54) is 5.69 Å². The van der Waals surface area contributed by atoms with Gasteiger partial charge in [-0.3, -0.25) is 19.0 Å². The number of amides is 2. The van der Waals surface area contributed by atoms with Crippen molar-refractivity contribution in [3.05, 3.63) is 34.4 Å². The summed E-state index contributed by atoms with van der Waals surface area (Å²) in [6, 6.07) is 1.98. The molecular weight excluding hydrogens is 384 g/mol. The van der Waals surface area contributed by atoms with E-state index in [2.05, 4.69) is 10.2 Å². The molecule has 2 aromatic rings. The van der Waals surface area contributed by atoms with E-state index in [-0.39, 0.29) is 18.4 Å². The summed E-state index contributed by atoms with van der Waals surface area (Å²) in [6.07, 6.45) is 1.81. The third-order valence-corrected chi connectivity index (χ3v) is 6.01. The maximum absolute atomic E-state index is 12.9. The van der Waals surface area contributed by atoms with Crippen molar-refractivity contribution in [1.82, 2.24) is 29.4 Å². The largest absolute Gasteiger partial charge is 0.378 e. The molecule has 1 saturated heterocycles. The molecule has 0 aromatic carbocycles. The molecular formula is C21H30N6O3. The highest BCUT2D eigenvalue weighted by Gasteiger charge is 2.27. The first-order valence-electron chi connectivity index (χ1n) is 10.6. The molecule has 4 rings (SSSR count). The van der Waals surface area contributed by atoms with E-state index < -0.39 is 0 Å². The Hall–Kier alpha value is -2.68. The Balaban J connectivity index is 1.41. The Kier molecular flexibility index (Phi) is 5.90. The molecule has 0 spiro atoms. The van der Waals surface area contributed by atoms with E-state index >= 15 is 0 Å². The summed E-state index contributed by atoms with van der Waals surface area (Å²) in [5, 5.41) is 9.08. The molecule has 0 aliphatic carbocycles. The van der Waals surface area contributed by atoms with Gasteiger partial charge in [0.25, 0.3) is 0 Å². The van der Waals surface area contributed by atoms with Gasteiger partial charge in [-0.25, -0.2) is 0 Å². The van der Waals surface area contributed by atoms with Crippen LogP contribution >= 0.6 is 0 Å². The summed E-state index contributed by atoms with van der Waals surface area (Å²) in [7, 11) is 1.94. The van der Waals surface area contributed by atoms with Crippen molar-refractivity contribution in [2.75, 3.05) is 32.8 Å². The van der Waals surface area contributed by atoms with E-state index in [4.69, 9.17) is 4.74 Å². The molecule has 4 heterocycles. The second-order valence-electron chi connectivity index (χ2n) is 8.14. The minimum absolute atomic E-state index is 0.0612. The van der Waals surface area contributed by atoms with Crippen LogP contribution in [0.3, 0.4) is 0 Å². The highest BCUT2D eigenvalue weighted by Crippen LogP contribution is 2.24. The molecule has 9 heteroatoms. The number of morpholine rings is 1. The number of fused-ring (bicyclic) bond motifs is 1. The van der Waals surface area contributed by atoms with E-state index in [0.29, 0.717) is 52.2 Å². The van der Waals surface area contributed by atoms with Crippen molar-refractivity contribution in [3.63, 3.8) is 0 Å². The third kappa shape index (κ3) is 4.26. The van der Waals surface area contributed by atoms with Crippen LogP contribution < -0.4 is 0 Å². The van der Waals surface area contributed by atoms with Gasteiger partial charge in [-0.05, 0) is 19.9 Å². The minimum Gasteiger partial charge on any atom is -0.378 e. The number of aromatic nitrogens is 4. The average molecular weight is 415 g/mol. The molecule has 162 valence electrons. The maximum Gasteiger partial charge on any atom is 0.244 e. The van der Waals surface area contributed by atoms with Crippen molar-refractivity contribution >= 4 is 11.8 Å². The van der Waals surface area contributed by atoms with E-state index in [1.807, 2.05) is 41.4 Å². The highest BCUT2D eigenvalue weighted by molar-refractivity contribution is 5.77. The van der Waals surface area contributed by atoms with Crippen molar-refractivity contribution in [3.8, 4) is 0 Å². The molecule has 30 heavy (non-hydrogen) atoms. The van der Waals surface area contributed by atoms with Crippen molar-refractivity contribution in [2.24, 2.45) is 7.05 Å². The van der Waals surface area contributed by atoms with Crippen LogP contribution in [0.4, 0.5) is 0 Å². The zero-order chi connectivity index (χ0) is 21.3. The first-order valence-corrected chi connectivity index (χ1v) is 10.6. The van der Waals surface area contributed by atoms with Crippen molar-refractivity contribution < 1.29 is 14.3 Å². The molecule has 0 bridgehead atoms. The Labute approximate surface area is 176 Å². The van der Waals surface area contributed by atoms with Crippen LogP contribution in [0.5, 0.6) is 0 Å². The predicted molar refractivity (Wildman–Crippen MR) is 110 cm³/mol. The van der Waals surface area contributed by atoms with Crippen LogP contribution in [0, 0.1) is 13.8 Å². The maximum atomic E-state index is 12.9. The van der Waals surface area contributed by atoms with E-state index in [0.717, 1.165) is 29.1 Å². The topological polar surface area (TPSA) is 85.5 Å². The SMILES string of the molecule is Cc1cc(C)n(CC(=O)N2CCc3c(c(CCC(=O)N4CCOCC4)nn3C)C2)n1. The quantitative estimate of drug-likeness (QED) is 0.716. The van der Waals surface area contributed by atoms with Crippen LogP contribution in [0.1, 0.15) is 34.8 Å². The fourth-order valence-electron chi connectivity index (χ4n) is 4.34.